The van der Waals surface area contributed by atoms with Gasteiger partial charge in [-0.25, -0.2) is 4.79 Å². The Balaban J connectivity index is 1.99. The number of carbonyl (C=O) groups excluding carboxylic acids is 1. The Morgan fingerprint density at radius 2 is 1.82 bits per heavy atom. The minimum atomic E-state index is -4.28. The van der Waals surface area contributed by atoms with E-state index in [-0.39, 0.29) is 11.9 Å². The molecule has 0 atom stereocenters. The molecule has 1 saturated carbocycles. The van der Waals surface area contributed by atoms with Gasteiger partial charge in [0.15, 0.2) is 0 Å². The van der Waals surface area contributed by atoms with Gasteiger partial charge in [0, 0.05) is 0 Å². The van der Waals surface area contributed by atoms with Crippen LogP contribution in [-0.4, -0.2) is 19.8 Å². The summed E-state index contributed by atoms with van der Waals surface area (Å²) in [6, 6.07) is 8.01. The van der Waals surface area contributed by atoms with E-state index in [0.717, 1.165) is 6.42 Å². The fraction of sp³-hybridized carbons (Fsp3) is 0.364. The number of benzene rings is 1. The lowest BCUT2D eigenvalue weighted by molar-refractivity contribution is 0.125. The Morgan fingerprint density at radius 1 is 1.18 bits per heavy atom. The molecule has 6 heteroatoms. The number of para-hydroxylation sites is 1. The van der Waals surface area contributed by atoms with Crippen LogP contribution < -0.4 is 4.74 Å². The lowest BCUT2D eigenvalue weighted by Gasteiger charge is -2.23. The van der Waals surface area contributed by atoms with Crippen molar-refractivity contribution in [2.75, 3.05) is 0 Å². The van der Waals surface area contributed by atoms with E-state index in [0.29, 0.717) is 12.8 Å². The highest BCUT2D eigenvalue weighted by Gasteiger charge is 2.32. The van der Waals surface area contributed by atoms with Crippen LogP contribution in [0.25, 0.3) is 0 Å². The molecule has 0 aromatic heterocycles. The Bertz CT molecular complexity index is 490. The Kier molecular flexibility index (Phi) is 3.44. The summed E-state index contributed by atoms with van der Waals surface area (Å²) < 4.78 is 32.3. The van der Waals surface area contributed by atoms with E-state index in [2.05, 4.69) is 0 Å². The fourth-order valence-electron chi connectivity index (χ4n) is 1.32. The van der Waals surface area contributed by atoms with Crippen molar-refractivity contribution in [1.82, 2.24) is 0 Å². The third kappa shape index (κ3) is 3.04. The molecule has 0 radical (unpaired) electrons. The van der Waals surface area contributed by atoms with Crippen LogP contribution in [0, 0.1) is 0 Å². The molecular weight excluding hydrogens is 244 g/mol. The van der Waals surface area contributed by atoms with E-state index >= 15 is 0 Å². The average Bonchev–Trinajstić information content (AvgIpc) is 2.25. The topological polar surface area (TPSA) is 69.7 Å². The molecule has 0 amide bonds. The van der Waals surface area contributed by atoms with E-state index in [1.165, 1.54) is 12.1 Å². The van der Waals surface area contributed by atoms with Crippen LogP contribution in [0.3, 0.4) is 0 Å². The van der Waals surface area contributed by atoms with Crippen LogP contribution >= 0.6 is 0 Å². The first-order chi connectivity index (χ1) is 8.08. The molecule has 2 rings (SSSR count). The second kappa shape index (κ2) is 4.85. The number of carbonyl (C=O) groups is 1. The lowest BCUT2D eigenvalue weighted by atomic mass is 9.97. The first kappa shape index (κ1) is 12.1. The summed E-state index contributed by atoms with van der Waals surface area (Å²) >= 11 is 0. The van der Waals surface area contributed by atoms with Crippen LogP contribution in [0.15, 0.2) is 30.3 Å². The number of hydrogen-bond acceptors (Lipinski definition) is 5. The minimum absolute atomic E-state index is 0.179. The van der Waals surface area contributed by atoms with Gasteiger partial charge in [0.25, 0.3) is 0 Å². The fourth-order valence-corrected chi connectivity index (χ4v) is 2.15. The van der Waals surface area contributed by atoms with Crippen LogP contribution in [0.4, 0.5) is 4.79 Å². The Labute approximate surface area is 99.5 Å². The molecule has 1 fully saturated rings. The maximum absolute atomic E-state index is 11.4. The van der Waals surface area contributed by atoms with Crippen molar-refractivity contribution in [1.29, 1.82) is 0 Å². The maximum atomic E-state index is 11.4. The normalized spacial score (nSPS) is 16.2. The van der Waals surface area contributed by atoms with Gasteiger partial charge in [0.05, 0.1) is 6.10 Å². The molecular formula is C11H12O5S. The van der Waals surface area contributed by atoms with E-state index < -0.39 is 15.4 Å². The third-order valence-corrected chi connectivity index (χ3v) is 3.48. The predicted molar refractivity (Wildman–Crippen MR) is 60.1 cm³/mol. The molecule has 0 unspecified atom stereocenters. The highest BCUT2D eigenvalue weighted by Crippen LogP contribution is 2.24. The largest absolute Gasteiger partial charge is 0.457 e. The summed E-state index contributed by atoms with van der Waals surface area (Å²) in [5, 5.41) is -1.37. The first-order valence-electron chi connectivity index (χ1n) is 5.28. The molecule has 1 aliphatic carbocycles. The molecule has 1 aromatic carbocycles. The molecule has 5 nitrogen and oxygen atoms in total. The van der Waals surface area contributed by atoms with Crippen molar-refractivity contribution >= 4 is 15.4 Å². The lowest BCUT2D eigenvalue weighted by Crippen LogP contribution is -2.30. The Hall–Kier alpha value is -1.40. The van der Waals surface area contributed by atoms with Gasteiger partial charge in [-0.2, -0.15) is 8.42 Å². The second-order valence-electron chi connectivity index (χ2n) is 3.77. The van der Waals surface area contributed by atoms with Crippen LogP contribution in [0.5, 0.6) is 5.75 Å². The quantitative estimate of drug-likeness (QED) is 0.611. The van der Waals surface area contributed by atoms with Gasteiger partial charge in [0.1, 0.15) is 5.75 Å². The number of ether oxygens (including phenoxy) is 1. The molecule has 0 heterocycles. The average molecular weight is 256 g/mol. The zero-order valence-corrected chi connectivity index (χ0v) is 9.85. The van der Waals surface area contributed by atoms with E-state index in [4.69, 9.17) is 8.92 Å². The third-order valence-electron chi connectivity index (χ3n) is 2.46. The summed E-state index contributed by atoms with van der Waals surface area (Å²) in [5.41, 5.74) is 0. The van der Waals surface area contributed by atoms with Crippen molar-refractivity contribution in [3.05, 3.63) is 30.3 Å². The molecule has 1 aromatic rings. The molecule has 92 valence electrons. The van der Waals surface area contributed by atoms with Crippen LogP contribution in [0.1, 0.15) is 19.3 Å². The molecule has 0 aliphatic heterocycles. The van der Waals surface area contributed by atoms with E-state index in [9.17, 15) is 13.2 Å². The predicted octanol–water partition coefficient (Wildman–Crippen LogP) is 2.08. The smallest absolute Gasteiger partial charge is 0.413 e. The van der Waals surface area contributed by atoms with Gasteiger partial charge in [-0.3, -0.25) is 4.18 Å². The summed E-state index contributed by atoms with van der Waals surface area (Å²) in [6.07, 6.45) is 1.88. The van der Waals surface area contributed by atoms with Gasteiger partial charge in [-0.05, 0) is 31.4 Å². The monoisotopic (exact) mass is 256 g/mol. The molecule has 0 spiro atoms. The molecule has 0 saturated heterocycles. The van der Waals surface area contributed by atoms with Crippen LogP contribution in [-0.2, 0) is 14.3 Å². The summed E-state index contributed by atoms with van der Waals surface area (Å²) in [7, 11) is -4.28. The van der Waals surface area contributed by atoms with Crippen molar-refractivity contribution in [3.63, 3.8) is 0 Å². The van der Waals surface area contributed by atoms with Crippen molar-refractivity contribution in [2.24, 2.45) is 0 Å². The summed E-state index contributed by atoms with van der Waals surface area (Å²) in [5.74, 6) is 0.179. The van der Waals surface area contributed by atoms with Gasteiger partial charge >= 0.3 is 15.4 Å². The highest BCUT2D eigenvalue weighted by molar-refractivity contribution is 8.01. The van der Waals surface area contributed by atoms with Crippen LogP contribution in [0.2, 0.25) is 0 Å². The zero-order valence-electron chi connectivity index (χ0n) is 9.03. The Morgan fingerprint density at radius 3 is 2.35 bits per heavy atom. The van der Waals surface area contributed by atoms with Crippen molar-refractivity contribution in [3.8, 4) is 5.75 Å². The van der Waals surface area contributed by atoms with Gasteiger partial charge in [-0.15, -0.1) is 0 Å². The van der Waals surface area contributed by atoms with Gasteiger partial charge in [0.2, 0.25) is 0 Å². The van der Waals surface area contributed by atoms with Gasteiger partial charge < -0.3 is 4.74 Å². The first-order valence-corrected chi connectivity index (χ1v) is 6.69. The maximum Gasteiger partial charge on any atom is 0.457 e. The van der Waals surface area contributed by atoms with E-state index in [1.54, 1.807) is 18.2 Å². The number of rotatable bonds is 3. The molecule has 0 bridgehead atoms. The zero-order chi connectivity index (χ0) is 12.3. The van der Waals surface area contributed by atoms with Crippen molar-refractivity contribution < 1.29 is 22.1 Å². The minimum Gasteiger partial charge on any atom is -0.413 e. The van der Waals surface area contributed by atoms with E-state index in [1.807, 2.05) is 0 Å². The molecule has 0 N–H and O–H groups in total. The van der Waals surface area contributed by atoms with Gasteiger partial charge in [-0.1, -0.05) is 18.2 Å². The number of hydrogen-bond donors (Lipinski definition) is 0. The SMILES string of the molecule is O=C(Oc1ccccc1)S(=O)(=O)OC1CCC1. The highest BCUT2D eigenvalue weighted by atomic mass is 32.2. The second-order valence-corrected chi connectivity index (χ2v) is 5.20. The standard InChI is InChI=1S/C11H12O5S/c12-11(15-9-5-2-1-3-6-9)17(13,14)16-10-7-4-8-10/h1-3,5-6,10H,4,7-8H2. The summed E-state index contributed by atoms with van der Waals surface area (Å²) in [4.78, 5) is 11.4. The summed E-state index contributed by atoms with van der Waals surface area (Å²) in [6.45, 7) is 0. The van der Waals surface area contributed by atoms with Crippen molar-refractivity contribution in [2.45, 2.75) is 25.4 Å². The molecule has 1 aliphatic rings. The molecule has 17 heavy (non-hydrogen) atoms.